The number of amides is 1. The van der Waals surface area contributed by atoms with Crippen LogP contribution in [0.25, 0.3) is 11.0 Å². The van der Waals surface area contributed by atoms with Crippen LogP contribution < -0.4 is 16.6 Å². The highest BCUT2D eigenvalue weighted by Gasteiger charge is 2.19. The summed E-state index contributed by atoms with van der Waals surface area (Å²) in [6, 6.07) is 7.70. The normalized spacial score (nSPS) is 14.1. The van der Waals surface area contributed by atoms with Gasteiger partial charge in [0.25, 0.3) is 5.56 Å². The molecule has 0 spiro atoms. The van der Waals surface area contributed by atoms with Crippen LogP contribution in [0.2, 0.25) is 0 Å². The largest absolute Gasteiger partial charge is 0.393 e. The first-order valence-electron chi connectivity index (χ1n) is 9.82. The molecule has 1 fully saturated rings. The number of thioether (sulfide) groups is 1. The van der Waals surface area contributed by atoms with E-state index in [1.165, 1.54) is 23.8 Å². The fourth-order valence-corrected chi connectivity index (χ4v) is 4.68. The first kappa shape index (κ1) is 19.6. The number of carbonyl (C=O) groups is 1. The summed E-state index contributed by atoms with van der Waals surface area (Å²) >= 11 is 1.65. The molecule has 1 aromatic carbocycles. The number of pyridine rings is 1. The lowest BCUT2D eigenvalue weighted by molar-refractivity contribution is -0.121. The van der Waals surface area contributed by atoms with Crippen LogP contribution in [0.1, 0.15) is 30.5 Å². The predicted molar refractivity (Wildman–Crippen MR) is 116 cm³/mol. The van der Waals surface area contributed by atoms with Crippen molar-refractivity contribution in [1.29, 1.82) is 0 Å². The third kappa shape index (κ3) is 4.32. The van der Waals surface area contributed by atoms with Gasteiger partial charge in [-0.05, 0) is 49.4 Å². The number of carbonyl (C=O) groups excluding carboxylic acids is 1. The molecule has 8 heteroatoms. The second-order valence-corrected chi connectivity index (χ2v) is 8.66. The van der Waals surface area contributed by atoms with Crippen LogP contribution in [-0.4, -0.2) is 26.2 Å². The highest BCUT2D eigenvalue weighted by Crippen LogP contribution is 2.34. The van der Waals surface area contributed by atoms with E-state index in [1.807, 2.05) is 31.2 Å². The van der Waals surface area contributed by atoms with Crippen LogP contribution in [0.4, 0.5) is 5.69 Å². The second-order valence-electron chi connectivity index (χ2n) is 7.59. The molecule has 2 heterocycles. The number of hydrogen-bond donors (Lipinski definition) is 3. The molecule has 0 unspecified atom stereocenters. The lowest BCUT2D eigenvalue weighted by Crippen LogP contribution is -2.34. The number of aromatic nitrogens is 3. The summed E-state index contributed by atoms with van der Waals surface area (Å²) in [5.41, 5.74) is 9.53. The summed E-state index contributed by atoms with van der Waals surface area (Å²) in [7, 11) is 0. The number of nitrogens with zero attached hydrogens (tertiary/aromatic N) is 2. The van der Waals surface area contributed by atoms with E-state index in [9.17, 15) is 9.59 Å². The topological polar surface area (TPSA) is 106 Å². The maximum atomic E-state index is 12.7. The SMILES string of the molecule is Cc1cc(SCC2CCC2)c(N)c(=O)n1CC(=O)NCc1ccc2nc[nH]c2c1. The minimum absolute atomic E-state index is 0.0469. The predicted octanol–water partition coefficient (Wildman–Crippen LogP) is 2.82. The van der Waals surface area contributed by atoms with Crippen molar-refractivity contribution in [2.24, 2.45) is 5.92 Å². The Morgan fingerprint density at radius 1 is 1.38 bits per heavy atom. The molecular weight excluding hydrogens is 386 g/mol. The van der Waals surface area contributed by atoms with Crippen LogP contribution in [0.3, 0.4) is 0 Å². The van der Waals surface area contributed by atoms with Crippen LogP contribution in [0.15, 0.2) is 40.3 Å². The van der Waals surface area contributed by atoms with Gasteiger partial charge in [-0.25, -0.2) is 4.98 Å². The number of fused-ring (bicyclic) bond motifs is 1. The molecular formula is C21H25N5O2S. The summed E-state index contributed by atoms with van der Waals surface area (Å²) in [5.74, 6) is 1.50. The molecule has 1 amide bonds. The summed E-state index contributed by atoms with van der Waals surface area (Å²) in [6.07, 6.45) is 5.46. The van der Waals surface area contributed by atoms with E-state index in [1.54, 1.807) is 18.1 Å². The van der Waals surface area contributed by atoms with Gasteiger partial charge < -0.3 is 20.6 Å². The smallest absolute Gasteiger partial charge is 0.275 e. The van der Waals surface area contributed by atoms with Crippen molar-refractivity contribution in [3.05, 3.63) is 52.2 Å². The van der Waals surface area contributed by atoms with Crippen molar-refractivity contribution in [1.82, 2.24) is 19.9 Å². The van der Waals surface area contributed by atoms with Crippen LogP contribution in [-0.2, 0) is 17.9 Å². The number of nitrogens with one attached hydrogen (secondary N) is 2. The Labute approximate surface area is 173 Å². The lowest BCUT2D eigenvalue weighted by Gasteiger charge is -2.25. The zero-order valence-corrected chi connectivity index (χ0v) is 17.2. The third-order valence-electron chi connectivity index (χ3n) is 5.48. The number of benzene rings is 1. The molecule has 0 aliphatic heterocycles. The molecule has 0 atom stereocenters. The number of rotatable bonds is 7. The van der Waals surface area contributed by atoms with Gasteiger partial charge in [-0.3, -0.25) is 9.59 Å². The van der Waals surface area contributed by atoms with Gasteiger partial charge in [0.05, 0.1) is 17.4 Å². The molecule has 4 N–H and O–H groups in total. The zero-order chi connectivity index (χ0) is 20.4. The Bertz CT molecular complexity index is 1100. The number of nitrogens with two attached hydrogens (primary N) is 1. The molecule has 0 radical (unpaired) electrons. The molecule has 1 saturated carbocycles. The Kier molecular flexibility index (Phi) is 5.62. The van der Waals surface area contributed by atoms with Gasteiger partial charge in [0.1, 0.15) is 12.2 Å². The number of hydrogen-bond acceptors (Lipinski definition) is 5. The molecule has 152 valence electrons. The van der Waals surface area contributed by atoms with E-state index in [0.717, 1.165) is 38.9 Å². The average molecular weight is 412 g/mol. The quantitative estimate of drug-likeness (QED) is 0.519. The van der Waals surface area contributed by atoms with Crippen molar-refractivity contribution >= 4 is 34.4 Å². The number of aryl methyl sites for hydroxylation is 1. The fourth-order valence-electron chi connectivity index (χ4n) is 3.43. The zero-order valence-electron chi connectivity index (χ0n) is 16.4. The van der Waals surface area contributed by atoms with E-state index in [4.69, 9.17) is 5.73 Å². The summed E-state index contributed by atoms with van der Waals surface area (Å²) in [6.45, 7) is 2.18. The number of H-pyrrole nitrogens is 1. The Balaban J connectivity index is 1.40. The minimum atomic E-state index is -0.296. The van der Waals surface area contributed by atoms with Gasteiger partial charge in [-0.15, -0.1) is 11.8 Å². The van der Waals surface area contributed by atoms with Crippen LogP contribution >= 0.6 is 11.8 Å². The summed E-state index contributed by atoms with van der Waals surface area (Å²) in [5, 5.41) is 2.87. The molecule has 0 bridgehead atoms. The van der Waals surface area contributed by atoms with Gasteiger partial charge >= 0.3 is 0 Å². The fraction of sp³-hybridized carbons (Fsp3) is 0.381. The number of nitrogen functional groups attached to an aromatic ring is 1. The number of imidazole rings is 1. The second kappa shape index (κ2) is 8.32. The van der Waals surface area contributed by atoms with Gasteiger partial charge in [0.15, 0.2) is 0 Å². The molecule has 2 aromatic heterocycles. The molecule has 3 aromatic rings. The molecule has 1 aliphatic carbocycles. The van der Waals surface area contributed by atoms with E-state index >= 15 is 0 Å². The molecule has 7 nitrogen and oxygen atoms in total. The standard InChI is InChI=1S/C21H25N5O2S/c1-13-7-18(29-11-14-3-2-4-14)20(22)21(28)26(13)10-19(27)23-9-15-5-6-16-17(8-15)25-12-24-16/h5-8,12,14H,2-4,9-11,22H2,1H3,(H,23,27)(H,24,25). The Morgan fingerprint density at radius 3 is 2.97 bits per heavy atom. The highest BCUT2D eigenvalue weighted by atomic mass is 32.2. The van der Waals surface area contributed by atoms with Gasteiger partial charge in [-0.1, -0.05) is 12.5 Å². The van der Waals surface area contributed by atoms with Gasteiger partial charge in [-0.2, -0.15) is 0 Å². The van der Waals surface area contributed by atoms with Crippen LogP contribution in [0.5, 0.6) is 0 Å². The maximum Gasteiger partial charge on any atom is 0.275 e. The lowest BCUT2D eigenvalue weighted by atomic mass is 9.87. The van der Waals surface area contributed by atoms with Crippen molar-refractivity contribution < 1.29 is 4.79 Å². The van der Waals surface area contributed by atoms with Crippen LogP contribution in [0, 0.1) is 12.8 Å². The first-order chi connectivity index (χ1) is 14.0. The molecule has 0 saturated heterocycles. The number of aromatic amines is 1. The summed E-state index contributed by atoms with van der Waals surface area (Å²) < 4.78 is 1.44. The van der Waals surface area contributed by atoms with Crippen molar-refractivity contribution in [2.75, 3.05) is 11.5 Å². The summed E-state index contributed by atoms with van der Waals surface area (Å²) in [4.78, 5) is 33.2. The highest BCUT2D eigenvalue weighted by molar-refractivity contribution is 7.99. The maximum absolute atomic E-state index is 12.7. The van der Waals surface area contributed by atoms with Crippen molar-refractivity contribution in [3.8, 4) is 0 Å². The number of anilines is 1. The van der Waals surface area contributed by atoms with E-state index in [0.29, 0.717) is 6.54 Å². The van der Waals surface area contributed by atoms with Gasteiger partial charge in [0.2, 0.25) is 5.91 Å². The van der Waals surface area contributed by atoms with E-state index in [2.05, 4.69) is 15.3 Å². The van der Waals surface area contributed by atoms with Gasteiger partial charge in [0, 0.05) is 22.9 Å². The van der Waals surface area contributed by atoms with E-state index < -0.39 is 0 Å². The van der Waals surface area contributed by atoms with Crippen molar-refractivity contribution in [3.63, 3.8) is 0 Å². The Morgan fingerprint density at radius 2 is 2.21 bits per heavy atom. The molecule has 4 rings (SSSR count). The van der Waals surface area contributed by atoms with Crippen molar-refractivity contribution in [2.45, 2.75) is 44.2 Å². The van der Waals surface area contributed by atoms with E-state index in [-0.39, 0.29) is 23.7 Å². The first-order valence-corrected chi connectivity index (χ1v) is 10.8. The Hall–Kier alpha value is -2.74. The monoisotopic (exact) mass is 411 g/mol. The average Bonchev–Trinajstić information content (AvgIpc) is 3.14. The third-order valence-corrected chi connectivity index (χ3v) is 6.77. The molecule has 29 heavy (non-hydrogen) atoms. The minimum Gasteiger partial charge on any atom is -0.393 e. The molecule has 1 aliphatic rings.